The molecule has 0 N–H and O–H groups in total. The fourth-order valence-corrected chi connectivity index (χ4v) is 23.5. The van der Waals surface area contributed by atoms with Gasteiger partial charge in [-0.15, -0.1) is 0 Å². The van der Waals surface area contributed by atoms with Gasteiger partial charge in [0.25, 0.3) is 0 Å². The first-order valence-electron chi connectivity index (χ1n) is 51.6. The summed E-state index contributed by atoms with van der Waals surface area (Å²) in [7, 11) is 0. The van der Waals surface area contributed by atoms with Gasteiger partial charge in [-0.25, -0.2) is 0 Å². The molecule has 0 aliphatic heterocycles. The molecule has 30 aromatic rings. The molecule has 6 nitrogen and oxygen atoms in total. The maximum Gasteiger partial charge on any atom is 0.0618 e. The van der Waals surface area contributed by atoms with Gasteiger partial charge in [0.05, 0.1) is 71.9 Å². The second-order valence-corrected chi connectivity index (χ2v) is 38.9. The molecule has 0 unspecified atom stereocenters. The summed E-state index contributed by atoms with van der Waals surface area (Å²) in [6.45, 7) is 0. The molecule has 6 heterocycles. The summed E-state index contributed by atoms with van der Waals surface area (Å²) >= 11 is 0. The Hall–Kier alpha value is -19.9. The van der Waals surface area contributed by atoms with Crippen LogP contribution in [0.3, 0.4) is 0 Å². The summed E-state index contributed by atoms with van der Waals surface area (Å²) in [6.07, 6.45) is 0. The van der Waals surface area contributed by atoms with Crippen molar-refractivity contribution in [1.82, 2.24) is 27.4 Å². The summed E-state index contributed by atoms with van der Waals surface area (Å²) in [6, 6.07) is 211. The molecule has 0 amide bonds. The minimum Gasteiger partial charge on any atom is -0.309 e. The van der Waals surface area contributed by atoms with E-state index in [-0.39, 0.29) is 0 Å². The summed E-state index contributed by atoms with van der Waals surface area (Å²) in [5.41, 5.74) is 43.3. The highest BCUT2D eigenvalue weighted by Gasteiger charge is 2.26. The molecular weight excluding hydrogens is 1810 g/mol. The van der Waals surface area contributed by atoms with Gasteiger partial charge in [0.2, 0.25) is 0 Å². The van der Waals surface area contributed by atoms with E-state index in [0.29, 0.717) is 0 Å². The molecule has 0 saturated heterocycles. The SMILES string of the molecule is c1ccc(-c2cc(-c3ccccc3)cc(-n3c4ccccc4c4cc(-c5ccc6c(c5)c5ccccc5n6-c5ccccc5)ccc43)c2)cc1.c1ccc(-c2ccc(-n3c4ccccc4c4cc(-c5ccc6c(c5)c5ccccc5n6-c5ccccc5)ccc43)cc2-c2ccccc2)cc1.c1ccc(-c2cccc(-c3ccccc3)c2-n2c3ccccc3c3cc(-c4ccc5c(c4)c4ccccc4n5-c4ccccc4)ccc32)cc1. The number of hydrogen-bond acceptors (Lipinski definition) is 0. The molecule has 150 heavy (non-hydrogen) atoms. The normalized spacial score (nSPS) is 11.6. The zero-order valence-electron chi connectivity index (χ0n) is 82.1. The first-order chi connectivity index (χ1) is 74.4. The number of fused-ring (bicyclic) bond motifs is 18. The third-order valence-electron chi connectivity index (χ3n) is 30.3. The van der Waals surface area contributed by atoms with Crippen LogP contribution in [0.5, 0.6) is 0 Å². The Morgan fingerprint density at radius 2 is 0.300 bits per heavy atom. The molecule has 6 heteroatoms. The summed E-state index contributed by atoms with van der Waals surface area (Å²) in [5, 5.41) is 15.0. The Morgan fingerprint density at radius 3 is 0.587 bits per heavy atom. The smallest absolute Gasteiger partial charge is 0.0618 e. The third-order valence-corrected chi connectivity index (χ3v) is 30.3. The Labute approximate surface area is 868 Å². The lowest BCUT2D eigenvalue weighted by molar-refractivity contribution is 1.18. The van der Waals surface area contributed by atoms with E-state index in [4.69, 9.17) is 0 Å². The lowest BCUT2D eigenvalue weighted by Crippen LogP contribution is -2.00. The van der Waals surface area contributed by atoms with Gasteiger partial charge < -0.3 is 27.4 Å². The van der Waals surface area contributed by atoms with Gasteiger partial charge in [0.15, 0.2) is 0 Å². The number of nitrogens with zero attached hydrogens (tertiary/aromatic N) is 6. The Morgan fingerprint density at radius 1 is 0.0867 bits per heavy atom. The van der Waals surface area contributed by atoms with Crippen LogP contribution >= 0.6 is 0 Å². The molecule has 0 aliphatic rings. The van der Waals surface area contributed by atoms with Crippen LogP contribution in [-0.2, 0) is 0 Å². The molecule has 0 fully saturated rings. The zero-order chi connectivity index (χ0) is 99.1. The minimum absolute atomic E-state index is 1.15. The van der Waals surface area contributed by atoms with Gasteiger partial charge >= 0.3 is 0 Å². The number of rotatable bonds is 15. The van der Waals surface area contributed by atoms with E-state index in [1.54, 1.807) is 0 Å². The van der Waals surface area contributed by atoms with Crippen molar-refractivity contribution in [2.75, 3.05) is 0 Å². The standard InChI is InChI=1S/3C48H32N2/c1-4-15-33(16-5-1)38-23-14-24-39(34-17-6-2-7-18-34)48(38)50-45-26-13-11-22-41(45)43-32-36(28-30-47(43)50)35-27-29-46-42(31-35)40-21-10-12-25-44(40)49(46)37-19-8-3-9-20-37;1-4-14-33(15-5-1)39-27-26-38(32-42(39)34-16-6-2-7-17-34)50-46-23-13-11-21-41(46)44-31-36(25-29-48(44)50)35-24-28-47-43(30-35)40-20-10-12-22-45(40)49(47)37-18-8-3-9-19-37;1-4-14-33(15-5-1)37-28-38(34-16-6-2-7-17-34)30-40(29-37)50-46-23-13-11-21-42(46)44-32-36(25-27-48(44)50)35-24-26-47-43(31-35)41-20-10-12-22-45(41)49(47)39-18-8-3-9-19-39/h3*1-32H. The van der Waals surface area contributed by atoms with E-state index < -0.39 is 0 Å². The predicted octanol–water partition coefficient (Wildman–Crippen LogP) is 38.6. The lowest BCUT2D eigenvalue weighted by Gasteiger charge is -2.19. The number of benzene rings is 24. The maximum absolute atomic E-state index is 2.48. The van der Waals surface area contributed by atoms with E-state index in [1.165, 1.54) is 254 Å². The van der Waals surface area contributed by atoms with Crippen molar-refractivity contribution in [2.24, 2.45) is 0 Å². The van der Waals surface area contributed by atoms with E-state index in [9.17, 15) is 0 Å². The maximum atomic E-state index is 2.48. The molecule has 0 aliphatic carbocycles. The van der Waals surface area contributed by atoms with Crippen LogP contribution in [0.25, 0.3) is 265 Å². The van der Waals surface area contributed by atoms with Gasteiger partial charge in [-0.1, -0.05) is 406 Å². The molecule has 6 aromatic heterocycles. The van der Waals surface area contributed by atoms with Crippen molar-refractivity contribution in [3.8, 4) is 134 Å². The minimum atomic E-state index is 1.15. The van der Waals surface area contributed by atoms with Crippen LogP contribution in [0.1, 0.15) is 0 Å². The average Bonchev–Trinajstić information content (AvgIpc) is 1.55. The molecule has 0 spiro atoms. The molecule has 0 bridgehead atoms. The van der Waals surface area contributed by atoms with Gasteiger partial charge in [-0.05, 0) is 265 Å². The first-order valence-corrected chi connectivity index (χ1v) is 51.6. The molecule has 0 atom stereocenters. The van der Waals surface area contributed by atoms with Crippen LogP contribution < -0.4 is 0 Å². The fourth-order valence-electron chi connectivity index (χ4n) is 23.5. The summed E-state index contributed by atoms with van der Waals surface area (Å²) in [4.78, 5) is 0. The zero-order valence-corrected chi connectivity index (χ0v) is 82.1. The van der Waals surface area contributed by atoms with Crippen molar-refractivity contribution in [2.45, 2.75) is 0 Å². The van der Waals surface area contributed by atoms with Crippen LogP contribution in [0, 0.1) is 0 Å². The highest BCUT2D eigenvalue weighted by atomic mass is 15.0. The topological polar surface area (TPSA) is 29.6 Å². The van der Waals surface area contributed by atoms with Gasteiger partial charge in [0.1, 0.15) is 0 Å². The van der Waals surface area contributed by atoms with E-state index in [2.05, 4.69) is 610 Å². The first kappa shape index (κ1) is 87.8. The number of aromatic nitrogens is 6. The molecule has 702 valence electrons. The Bertz CT molecular complexity index is 10300. The van der Waals surface area contributed by atoms with Crippen molar-refractivity contribution in [1.29, 1.82) is 0 Å². The summed E-state index contributed by atoms with van der Waals surface area (Å²) < 4.78 is 14.5. The third kappa shape index (κ3) is 15.4. The van der Waals surface area contributed by atoms with Gasteiger partial charge in [0, 0.05) is 104 Å². The second-order valence-electron chi connectivity index (χ2n) is 38.9. The van der Waals surface area contributed by atoms with Crippen molar-refractivity contribution in [3.05, 3.63) is 582 Å². The van der Waals surface area contributed by atoms with Crippen molar-refractivity contribution < 1.29 is 0 Å². The van der Waals surface area contributed by atoms with Crippen LogP contribution in [0.4, 0.5) is 0 Å². The van der Waals surface area contributed by atoms with E-state index >= 15 is 0 Å². The number of hydrogen-bond donors (Lipinski definition) is 0. The van der Waals surface area contributed by atoms with Crippen LogP contribution in [0.2, 0.25) is 0 Å². The second kappa shape index (κ2) is 37.4. The van der Waals surface area contributed by atoms with Crippen molar-refractivity contribution in [3.63, 3.8) is 0 Å². The number of para-hydroxylation sites is 10. The monoisotopic (exact) mass is 1910 g/mol. The quantitative estimate of drug-likeness (QED) is 0.0979. The lowest BCUT2D eigenvalue weighted by atomic mass is 9.94. The Balaban J connectivity index is 0.000000108. The van der Waals surface area contributed by atoms with Gasteiger partial charge in [-0.3, -0.25) is 0 Å². The average molecular weight is 1910 g/mol. The molecule has 0 radical (unpaired) electrons. The highest BCUT2D eigenvalue weighted by molar-refractivity contribution is 6.18. The van der Waals surface area contributed by atoms with Crippen LogP contribution in [-0.4, -0.2) is 27.4 Å². The van der Waals surface area contributed by atoms with E-state index in [0.717, 1.165) is 11.4 Å². The molecular formula is C144H96N6. The summed E-state index contributed by atoms with van der Waals surface area (Å²) in [5.74, 6) is 0. The largest absolute Gasteiger partial charge is 0.309 e. The highest BCUT2D eigenvalue weighted by Crippen LogP contribution is 2.48. The Kier molecular flexibility index (Phi) is 21.9. The fraction of sp³-hybridized carbons (Fsp3) is 0. The molecule has 30 rings (SSSR count). The molecule has 24 aromatic carbocycles. The van der Waals surface area contributed by atoms with Crippen LogP contribution in [0.15, 0.2) is 582 Å². The van der Waals surface area contributed by atoms with E-state index in [1.807, 2.05) is 0 Å². The van der Waals surface area contributed by atoms with Crippen molar-refractivity contribution >= 4 is 131 Å². The predicted molar refractivity (Wildman–Crippen MR) is 634 cm³/mol. The molecule has 0 saturated carbocycles. The van der Waals surface area contributed by atoms with Gasteiger partial charge in [-0.2, -0.15) is 0 Å².